The molecular formula is C11H22N4O. The third kappa shape index (κ3) is 3.57. The van der Waals surface area contributed by atoms with Crippen molar-refractivity contribution in [2.24, 2.45) is 12.5 Å². The highest BCUT2D eigenvalue weighted by molar-refractivity contribution is 4.85. The molecule has 1 unspecified atom stereocenters. The predicted octanol–water partition coefficient (Wildman–Crippen LogP) is 0.356. The second-order valence-electron chi connectivity index (χ2n) is 4.61. The van der Waals surface area contributed by atoms with Crippen molar-refractivity contribution in [1.82, 2.24) is 20.1 Å². The lowest BCUT2D eigenvalue weighted by atomic mass is 9.89. The van der Waals surface area contributed by atoms with Crippen molar-refractivity contribution >= 4 is 0 Å². The third-order valence-electron chi connectivity index (χ3n) is 3.12. The maximum atomic E-state index is 9.25. The Morgan fingerprint density at radius 2 is 2.31 bits per heavy atom. The second kappa shape index (κ2) is 5.96. The average Bonchev–Trinajstić information content (AvgIpc) is 2.70. The van der Waals surface area contributed by atoms with Crippen LogP contribution >= 0.6 is 0 Å². The molecule has 16 heavy (non-hydrogen) atoms. The number of aliphatic hydroxyl groups is 1. The van der Waals surface area contributed by atoms with Crippen molar-refractivity contribution in [3.8, 4) is 0 Å². The Balaban J connectivity index is 2.24. The summed E-state index contributed by atoms with van der Waals surface area (Å²) in [5, 5.41) is 20.4. The van der Waals surface area contributed by atoms with Crippen molar-refractivity contribution < 1.29 is 5.11 Å². The predicted molar refractivity (Wildman–Crippen MR) is 63.1 cm³/mol. The van der Waals surface area contributed by atoms with Crippen LogP contribution in [0.25, 0.3) is 0 Å². The minimum Gasteiger partial charge on any atom is -0.396 e. The summed E-state index contributed by atoms with van der Waals surface area (Å²) in [6.07, 6.45) is 3.54. The van der Waals surface area contributed by atoms with E-state index in [9.17, 15) is 5.11 Å². The van der Waals surface area contributed by atoms with E-state index in [4.69, 9.17) is 0 Å². The first-order valence-electron chi connectivity index (χ1n) is 5.76. The Morgan fingerprint density at radius 1 is 1.56 bits per heavy atom. The maximum Gasteiger partial charge on any atom is 0.133 e. The molecule has 0 radical (unpaired) electrons. The van der Waals surface area contributed by atoms with Crippen molar-refractivity contribution in [1.29, 1.82) is 0 Å². The fourth-order valence-corrected chi connectivity index (χ4v) is 1.42. The first-order chi connectivity index (χ1) is 7.61. The molecule has 0 amide bonds. The molecule has 2 N–H and O–H groups in total. The summed E-state index contributed by atoms with van der Waals surface area (Å²) in [6.45, 7) is 6.10. The van der Waals surface area contributed by atoms with Gasteiger partial charge < -0.3 is 15.0 Å². The van der Waals surface area contributed by atoms with Crippen molar-refractivity contribution in [3.63, 3.8) is 0 Å². The van der Waals surface area contributed by atoms with E-state index >= 15 is 0 Å². The molecule has 0 aliphatic carbocycles. The number of hydrogen-bond acceptors (Lipinski definition) is 4. The number of aryl methyl sites for hydroxylation is 1. The number of nitrogens with zero attached hydrogens (tertiary/aromatic N) is 3. The molecule has 1 heterocycles. The van der Waals surface area contributed by atoms with Crippen LogP contribution in [0.5, 0.6) is 0 Å². The van der Waals surface area contributed by atoms with Crippen LogP contribution in [0.15, 0.2) is 6.33 Å². The molecule has 0 aromatic carbocycles. The fourth-order valence-electron chi connectivity index (χ4n) is 1.42. The Hall–Kier alpha value is -0.940. The largest absolute Gasteiger partial charge is 0.396 e. The summed E-state index contributed by atoms with van der Waals surface area (Å²) < 4.78 is 1.92. The standard InChI is InChI=1S/C11H22N4O/c1-4-11(2,8-16)7-12-6-5-10-14-13-9-15(10)3/h9,12,16H,4-8H2,1-3H3. The van der Waals surface area contributed by atoms with Gasteiger partial charge >= 0.3 is 0 Å². The summed E-state index contributed by atoms with van der Waals surface area (Å²) in [5.74, 6) is 0.981. The Morgan fingerprint density at radius 3 is 2.81 bits per heavy atom. The molecule has 5 nitrogen and oxygen atoms in total. The third-order valence-corrected chi connectivity index (χ3v) is 3.12. The van der Waals surface area contributed by atoms with Crippen LogP contribution < -0.4 is 5.32 Å². The highest BCUT2D eigenvalue weighted by Gasteiger charge is 2.19. The van der Waals surface area contributed by atoms with E-state index < -0.39 is 0 Å². The molecule has 0 spiro atoms. The van der Waals surface area contributed by atoms with E-state index in [2.05, 4.69) is 29.4 Å². The highest BCUT2D eigenvalue weighted by atomic mass is 16.3. The summed E-state index contributed by atoms with van der Waals surface area (Å²) >= 11 is 0. The van der Waals surface area contributed by atoms with Crippen LogP contribution in [-0.2, 0) is 13.5 Å². The normalized spacial score (nSPS) is 15.0. The van der Waals surface area contributed by atoms with Gasteiger partial charge in [-0.15, -0.1) is 10.2 Å². The zero-order valence-electron chi connectivity index (χ0n) is 10.4. The van der Waals surface area contributed by atoms with E-state index in [1.54, 1.807) is 6.33 Å². The van der Waals surface area contributed by atoms with Gasteiger partial charge in [0.2, 0.25) is 0 Å². The lowest BCUT2D eigenvalue weighted by Gasteiger charge is -2.25. The molecule has 1 rings (SSSR count). The Bertz CT molecular complexity index is 307. The van der Waals surface area contributed by atoms with Gasteiger partial charge in [0.05, 0.1) is 0 Å². The van der Waals surface area contributed by atoms with Crippen LogP contribution in [-0.4, -0.2) is 39.6 Å². The van der Waals surface area contributed by atoms with Gasteiger partial charge in [0.1, 0.15) is 12.2 Å². The van der Waals surface area contributed by atoms with Gasteiger partial charge in [0.25, 0.3) is 0 Å². The zero-order chi connectivity index (χ0) is 12.0. The van der Waals surface area contributed by atoms with Crippen molar-refractivity contribution in [2.75, 3.05) is 19.7 Å². The van der Waals surface area contributed by atoms with Crippen molar-refractivity contribution in [3.05, 3.63) is 12.2 Å². The molecule has 0 aliphatic heterocycles. The summed E-state index contributed by atoms with van der Waals surface area (Å²) in [6, 6.07) is 0. The minimum absolute atomic E-state index is 0.0140. The monoisotopic (exact) mass is 226 g/mol. The number of hydrogen-bond donors (Lipinski definition) is 2. The second-order valence-corrected chi connectivity index (χ2v) is 4.61. The molecule has 5 heteroatoms. The highest BCUT2D eigenvalue weighted by Crippen LogP contribution is 2.18. The molecule has 1 aromatic rings. The van der Waals surface area contributed by atoms with E-state index in [1.165, 1.54) is 0 Å². The van der Waals surface area contributed by atoms with Gasteiger partial charge in [-0.1, -0.05) is 13.8 Å². The van der Waals surface area contributed by atoms with Gasteiger partial charge in [-0.2, -0.15) is 0 Å². The van der Waals surface area contributed by atoms with Crippen LogP contribution in [0.3, 0.4) is 0 Å². The molecular weight excluding hydrogens is 204 g/mol. The van der Waals surface area contributed by atoms with E-state index in [0.29, 0.717) is 0 Å². The van der Waals surface area contributed by atoms with Gasteiger partial charge in [-0.3, -0.25) is 0 Å². The topological polar surface area (TPSA) is 63.0 Å². The van der Waals surface area contributed by atoms with Crippen LogP contribution in [0, 0.1) is 5.41 Å². The van der Waals surface area contributed by atoms with Crippen LogP contribution in [0.2, 0.25) is 0 Å². The van der Waals surface area contributed by atoms with E-state index in [-0.39, 0.29) is 12.0 Å². The average molecular weight is 226 g/mol. The number of nitrogens with one attached hydrogen (secondary N) is 1. The van der Waals surface area contributed by atoms with Gasteiger partial charge in [-0.05, 0) is 6.42 Å². The van der Waals surface area contributed by atoms with Crippen molar-refractivity contribution in [2.45, 2.75) is 26.7 Å². The fraction of sp³-hybridized carbons (Fsp3) is 0.818. The lowest BCUT2D eigenvalue weighted by molar-refractivity contribution is 0.136. The number of aliphatic hydroxyl groups excluding tert-OH is 1. The van der Waals surface area contributed by atoms with Crippen LogP contribution in [0.1, 0.15) is 26.1 Å². The first kappa shape index (κ1) is 13.1. The van der Waals surface area contributed by atoms with E-state index in [1.807, 2.05) is 11.6 Å². The molecule has 0 bridgehead atoms. The molecule has 0 saturated carbocycles. The van der Waals surface area contributed by atoms with Crippen LogP contribution in [0.4, 0.5) is 0 Å². The molecule has 1 aromatic heterocycles. The Labute approximate surface area is 96.9 Å². The first-order valence-corrected chi connectivity index (χ1v) is 5.76. The smallest absolute Gasteiger partial charge is 0.133 e. The lowest BCUT2D eigenvalue weighted by Crippen LogP contribution is -2.35. The van der Waals surface area contributed by atoms with Gasteiger partial charge in [-0.25, -0.2) is 0 Å². The quantitative estimate of drug-likeness (QED) is 0.659. The molecule has 92 valence electrons. The maximum absolute atomic E-state index is 9.25. The van der Waals surface area contributed by atoms with Gasteiger partial charge in [0, 0.05) is 38.6 Å². The summed E-state index contributed by atoms with van der Waals surface area (Å²) in [7, 11) is 1.94. The zero-order valence-corrected chi connectivity index (χ0v) is 10.4. The molecule has 0 fully saturated rings. The van der Waals surface area contributed by atoms with E-state index in [0.717, 1.165) is 31.8 Å². The summed E-state index contributed by atoms with van der Waals surface area (Å²) in [4.78, 5) is 0. The minimum atomic E-state index is -0.0140. The Kier molecular flexibility index (Phi) is 4.89. The number of aromatic nitrogens is 3. The molecule has 0 saturated heterocycles. The molecule has 0 aliphatic rings. The van der Waals surface area contributed by atoms with Gasteiger partial charge in [0.15, 0.2) is 0 Å². The SMILES string of the molecule is CCC(C)(CO)CNCCc1nncn1C. The number of rotatable bonds is 7. The summed E-state index contributed by atoms with van der Waals surface area (Å²) in [5.41, 5.74) is -0.0140. The molecule has 1 atom stereocenters.